The van der Waals surface area contributed by atoms with Crippen LogP contribution in [0.1, 0.15) is 0 Å². The van der Waals surface area contributed by atoms with E-state index in [-0.39, 0.29) is 0 Å². The van der Waals surface area contributed by atoms with Crippen LogP contribution in [0.4, 0.5) is 0 Å². The topological polar surface area (TPSA) is 888 Å². The number of nitrogens with zero attached hydrogens (tertiary/aromatic N) is 68. The second kappa shape index (κ2) is 55.0. The predicted molar refractivity (Wildman–Crippen MR) is 171 cm³/mol. The van der Waals surface area contributed by atoms with E-state index in [0.717, 1.165) is 0 Å². The van der Waals surface area contributed by atoms with Crippen molar-refractivity contribution in [2.45, 2.75) is 0 Å². The Kier molecular flexibility index (Phi) is 44.0. The molecule has 0 aliphatic carbocycles. The molecule has 0 aromatic heterocycles. The maximum absolute atomic E-state index is 6.26. The molecule has 0 bridgehead atoms. The SMILES string of the molecule is N=N/N=N/N=N/N=N/N=N/N=N/N=N/N=N/N=N/N=N/N=N/N=N/N=N/N=N/N=N/N=N/N=N/N=N/N=N/N=N/N=N/N=N/N=N/N=N/N=N/N=N/N=N/N=N/N=N/N=N/N=N/N=N/N=N/N=N/N=N. The fourth-order valence-corrected chi connectivity index (χ4v) is 1.18. The molecule has 0 unspecified atom stereocenters. The van der Waals surface area contributed by atoms with E-state index < -0.39 is 0 Å². The highest BCUT2D eigenvalue weighted by atomic mass is 15.8. The van der Waals surface area contributed by atoms with Crippen LogP contribution >= 0.6 is 0 Å². The van der Waals surface area contributed by atoms with E-state index >= 15 is 0 Å². The zero-order chi connectivity index (χ0) is 50.1. The summed E-state index contributed by atoms with van der Waals surface area (Å²) in [6.45, 7) is 0. The highest BCUT2D eigenvalue weighted by Crippen LogP contribution is 1.95. The van der Waals surface area contributed by atoms with Crippen molar-refractivity contribution in [3.8, 4) is 0 Å². The molecule has 0 rings (SSSR count). The Labute approximate surface area is 367 Å². The van der Waals surface area contributed by atoms with Crippen LogP contribution in [0.2, 0.25) is 0 Å². The lowest BCUT2D eigenvalue weighted by atomic mass is 12.3. The van der Waals surface area contributed by atoms with Crippen LogP contribution in [0.25, 0.3) is 0 Å². The quantitative estimate of drug-likeness (QED) is 0.0448. The highest BCUT2D eigenvalue weighted by Gasteiger charge is 1.77. The van der Waals surface area contributed by atoms with E-state index in [1.807, 2.05) is 0 Å². The van der Waals surface area contributed by atoms with E-state index in [0.29, 0.717) is 0 Å². The number of nitrogens with one attached hydrogen (secondary N) is 2. The predicted octanol–water partition coefficient (Wildman–Crippen LogP) is 13.1. The third-order valence-corrected chi connectivity index (χ3v) is 2.69. The zero-order valence-corrected chi connectivity index (χ0v) is 31.4. The van der Waals surface area contributed by atoms with Gasteiger partial charge in [0.1, 0.15) is 0 Å². The Bertz CT molecular complexity index is 2230. The number of rotatable bonds is 34. The summed E-state index contributed by atoms with van der Waals surface area (Å²) in [6, 6.07) is 0. The van der Waals surface area contributed by atoms with Gasteiger partial charge in [0.05, 0.1) is 0 Å². The molecule has 0 atom stereocenters. The Morgan fingerprint density at radius 1 is 0.0714 bits per heavy atom. The van der Waals surface area contributed by atoms with Crippen LogP contribution in [0.15, 0.2) is 355 Å². The molecule has 0 saturated heterocycles. The summed E-state index contributed by atoms with van der Waals surface area (Å²) in [6.07, 6.45) is 0. The van der Waals surface area contributed by atoms with Gasteiger partial charge in [0.25, 0.3) is 0 Å². The molecule has 0 aromatic rings. The van der Waals surface area contributed by atoms with Gasteiger partial charge in [0, 0.05) is 272 Å². The second-order valence-corrected chi connectivity index (χ2v) is 6.10. The van der Waals surface area contributed by atoms with Crippen molar-refractivity contribution in [1.82, 2.24) is 0 Å². The van der Waals surface area contributed by atoms with E-state index in [2.05, 4.69) is 355 Å². The standard InChI is InChI=1S/H2N70/c1-3-5-7-9-11-13-15-17-19-21-23-25-27-29-31-33-35-37-39-41-43-45-47-49-51-53-55-57-59-61-63-65-67-69-70-68-66-64-62-60-58-56-54-52-50-48-46-44-42-40-38-36-34-32-30-28-26-24-22-20-18-16-14-12-10-8-6-4-2/h1-2H/b3-1?,4-2?,7-5+,8-6+,11-9+,12-10+,15-13+,16-14+,19-17+,20-18+,23-21+,24-22+,27-25+,28-26+,31-29+,32-30+,35-33+,36-34+,39-37+,40-38+,43-41+,44-42+,47-45+,48-46+,51-49+,52-50+,55-53+,56-54+,59-57+,60-58+,63-61+,64-62+,67-65+,68-66+,70-69+. The summed E-state index contributed by atoms with van der Waals surface area (Å²) in [5.74, 6) is 0. The third kappa shape index (κ3) is 54.0. The lowest BCUT2D eigenvalue weighted by Crippen LogP contribution is -1.52. The first-order valence-corrected chi connectivity index (χ1v) is 13.8. The van der Waals surface area contributed by atoms with Gasteiger partial charge in [-0.2, -0.15) is 11.1 Å². The van der Waals surface area contributed by atoms with Crippen LogP contribution < -0.4 is 0 Å². The largest absolute Gasteiger partial charge is 0.183 e. The van der Waals surface area contributed by atoms with E-state index in [9.17, 15) is 0 Å². The molecule has 0 aliphatic rings. The van der Waals surface area contributed by atoms with Gasteiger partial charge >= 0.3 is 0 Å². The van der Waals surface area contributed by atoms with E-state index in [1.165, 1.54) is 0 Å². The molecule has 0 radical (unpaired) electrons. The average Bonchev–Trinajstić information content (AvgIpc) is 3.37. The van der Waals surface area contributed by atoms with Crippen LogP contribution in [-0.4, -0.2) is 0 Å². The van der Waals surface area contributed by atoms with Crippen molar-refractivity contribution in [3.63, 3.8) is 0 Å². The highest BCUT2D eigenvalue weighted by molar-refractivity contribution is 4.20. The van der Waals surface area contributed by atoms with Gasteiger partial charge in [-0.3, -0.25) is 0 Å². The number of hydrogen-bond donors (Lipinski definition) is 2. The first-order valence-electron chi connectivity index (χ1n) is 13.8. The molecule has 0 saturated carbocycles. The lowest BCUT2D eigenvalue weighted by Gasteiger charge is -1.70. The molecule has 0 aromatic carbocycles. The Morgan fingerprint density at radius 2 is 0.114 bits per heavy atom. The van der Waals surface area contributed by atoms with Crippen LogP contribution in [-0.2, 0) is 0 Å². The summed E-state index contributed by atoms with van der Waals surface area (Å²) in [5, 5.41) is 201. The average molecular weight is 983 g/mol. The monoisotopic (exact) mass is 982 g/mol. The molecule has 0 fully saturated rings. The van der Waals surface area contributed by atoms with Crippen molar-refractivity contribution >= 4 is 0 Å². The lowest BCUT2D eigenvalue weighted by molar-refractivity contribution is 0.723. The summed E-state index contributed by atoms with van der Waals surface area (Å²) in [4.78, 5) is 0. The van der Waals surface area contributed by atoms with Gasteiger partial charge in [-0.25, -0.2) is 0 Å². The van der Waals surface area contributed by atoms with Crippen molar-refractivity contribution < 1.29 is 0 Å². The van der Waals surface area contributed by atoms with Gasteiger partial charge in [-0.1, -0.05) is 0 Å². The number of hydrogen-bond acceptors (Lipinski definition) is 2. The Hall–Kier alpha value is -14.0. The fourth-order valence-electron chi connectivity index (χ4n) is 1.18. The molecular formula is H2N70. The molecule has 70 heavy (non-hydrogen) atoms. The normalized spacial score (nSPS) is 15.4. The maximum Gasteiger partial charge on any atom is 0 e. The van der Waals surface area contributed by atoms with Gasteiger partial charge in [0.15, 0.2) is 0 Å². The molecule has 0 spiro atoms. The molecule has 0 aliphatic heterocycles. The van der Waals surface area contributed by atoms with Crippen molar-refractivity contribution in [2.75, 3.05) is 0 Å². The molecule has 70 nitrogen and oxygen atoms in total. The Balaban J connectivity index is 4.09. The third-order valence-electron chi connectivity index (χ3n) is 2.69. The first-order chi connectivity index (χ1) is 34.9. The van der Waals surface area contributed by atoms with Gasteiger partial charge < -0.3 is 0 Å². The summed E-state index contributed by atoms with van der Waals surface area (Å²) in [5.41, 5.74) is 12.5. The van der Waals surface area contributed by atoms with Crippen LogP contribution in [0, 0.1) is 11.1 Å². The summed E-state index contributed by atoms with van der Waals surface area (Å²) >= 11 is 0. The molecule has 352 valence electrons. The molecular weight excluding hydrogens is 980 g/mol. The minimum Gasteiger partial charge on any atom is -0.183 e. The summed E-state index contributed by atoms with van der Waals surface area (Å²) in [7, 11) is 0. The Morgan fingerprint density at radius 3 is 0.157 bits per heavy atom. The fraction of sp³-hybridized carbons (Fsp3) is 0. The minimum absolute atomic E-state index is 2.50. The minimum atomic E-state index is 2.50. The second-order valence-electron chi connectivity index (χ2n) is 6.10. The first kappa shape index (κ1) is 56.0. The van der Waals surface area contributed by atoms with Crippen molar-refractivity contribution in [1.29, 1.82) is 11.1 Å². The molecule has 0 heterocycles. The van der Waals surface area contributed by atoms with E-state index in [4.69, 9.17) is 11.1 Å². The van der Waals surface area contributed by atoms with E-state index in [1.54, 1.807) is 0 Å². The van der Waals surface area contributed by atoms with Gasteiger partial charge in [-0.15, -0.1) is 0 Å². The maximum atomic E-state index is 6.26. The van der Waals surface area contributed by atoms with Gasteiger partial charge in [0.2, 0.25) is 0 Å². The van der Waals surface area contributed by atoms with Crippen molar-refractivity contribution in [2.24, 2.45) is 355 Å². The zero-order valence-electron chi connectivity index (χ0n) is 31.4. The molecule has 70 heteroatoms. The summed E-state index contributed by atoms with van der Waals surface area (Å²) < 4.78 is 0. The smallest absolute Gasteiger partial charge is 0 e. The van der Waals surface area contributed by atoms with Crippen LogP contribution in [0.5, 0.6) is 0 Å². The van der Waals surface area contributed by atoms with Crippen molar-refractivity contribution in [3.05, 3.63) is 0 Å². The van der Waals surface area contributed by atoms with Gasteiger partial charge in [-0.05, 0) is 83.6 Å². The molecule has 0 amide bonds. The molecule has 2 N–H and O–H groups in total. The van der Waals surface area contributed by atoms with Crippen LogP contribution in [0.3, 0.4) is 0 Å².